The third-order valence-electron chi connectivity index (χ3n) is 7.21. The Morgan fingerprint density at radius 2 is 1.35 bits per heavy atom. The van der Waals surface area contributed by atoms with Crippen LogP contribution in [0.15, 0.2) is 24.3 Å². The molecule has 17 nitrogen and oxygen atoms in total. The Morgan fingerprint density at radius 3 is 1.92 bits per heavy atom. The van der Waals surface area contributed by atoms with E-state index in [9.17, 15) is 24.5 Å². The zero-order valence-corrected chi connectivity index (χ0v) is 28.5. The zero-order chi connectivity index (χ0) is 34.9. The number of fused-ring (bicyclic) bond motifs is 1. The van der Waals surface area contributed by atoms with Crippen molar-refractivity contribution in [2.45, 2.75) is 43.0 Å². The minimum absolute atomic E-state index is 0.0133. The molecule has 1 aromatic rings. The number of nitrogens with one attached hydrogen (secondary N) is 3. The zero-order valence-electron chi connectivity index (χ0n) is 27.6. The number of hydrogen-bond donors (Lipinski definition) is 3. The van der Waals surface area contributed by atoms with E-state index in [2.05, 4.69) is 16.0 Å². The summed E-state index contributed by atoms with van der Waals surface area (Å²) in [5.41, 5.74) is -0.109. The molecule has 2 fully saturated rings. The second-order valence-electron chi connectivity index (χ2n) is 10.8. The number of benzene rings is 1. The second kappa shape index (κ2) is 24.8. The number of hydrogen-bond acceptors (Lipinski definition) is 14. The van der Waals surface area contributed by atoms with Crippen molar-refractivity contribution in [1.29, 1.82) is 0 Å². The van der Waals surface area contributed by atoms with Crippen LogP contribution in [0, 0.1) is 10.1 Å². The molecule has 18 heteroatoms. The number of carbonyl (C=O) groups excluding carboxylic acids is 3. The standard InChI is InChI=1S/C31H48N4O13S/c36-28(4-2-1-3-27-29-26(23-49-27)33-30(37)34-29)32-9-10-41-11-12-42-13-14-43-15-16-44-17-18-45-19-20-46-21-22-47-31(38)48-25-7-5-24(6-8-25)35(39)40/h5-8,26-27,29H,1-4,9-23H2,(H,32,36)(H2,33,34,37)/t26-,27-,29-/m0/s1. The van der Waals surface area contributed by atoms with E-state index < -0.39 is 11.1 Å². The Labute approximate surface area is 289 Å². The summed E-state index contributed by atoms with van der Waals surface area (Å²) in [5.74, 6) is 1.11. The lowest BCUT2D eigenvalue weighted by atomic mass is 10.0. The Hall–Kier alpha value is -3.26. The van der Waals surface area contributed by atoms with Crippen LogP contribution in [0.3, 0.4) is 0 Å². The second-order valence-corrected chi connectivity index (χ2v) is 12.1. The number of thioether (sulfide) groups is 1. The van der Waals surface area contributed by atoms with Crippen LogP contribution in [0.2, 0.25) is 0 Å². The third-order valence-corrected chi connectivity index (χ3v) is 8.71. The van der Waals surface area contributed by atoms with Crippen LogP contribution in [-0.2, 0) is 38.0 Å². The summed E-state index contributed by atoms with van der Waals surface area (Å²) >= 11 is 1.89. The van der Waals surface area contributed by atoms with Crippen molar-refractivity contribution in [3.05, 3.63) is 34.4 Å². The van der Waals surface area contributed by atoms with Gasteiger partial charge in [-0.2, -0.15) is 11.8 Å². The molecule has 0 radical (unpaired) electrons. The van der Waals surface area contributed by atoms with Crippen molar-refractivity contribution in [3.8, 4) is 5.75 Å². The molecule has 0 bridgehead atoms. The topological polar surface area (TPSA) is 204 Å². The number of carbonyl (C=O) groups is 3. The maximum absolute atomic E-state index is 12.0. The summed E-state index contributed by atoms with van der Waals surface area (Å²) in [7, 11) is 0. The molecule has 0 aromatic heterocycles. The van der Waals surface area contributed by atoms with Crippen molar-refractivity contribution in [3.63, 3.8) is 0 Å². The summed E-state index contributed by atoms with van der Waals surface area (Å²) in [6.07, 6.45) is 2.35. The number of rotatable bonds is 28. The van der Waals surface area contributed by atoms with Gasteiger partial charge in [-0.15, -0.1) is 0 Å². The molecular formula is C31H48N4O13S. The van der Waals surface area contributed by atoms with E-state index in [0.717, 1.165) is 25.0 Å². The van der Waals surface area contributed by atoms with E-state index in [1.165, 1.54) is 24.3 Å². The van der Waals surface area contributed by atoms with Gasteiger partial charge in [0.2, 0.25) is 5.91 Å². The number of nitro benzene ring substituents is 1. The van der Waals surface area contributed by atoms with Crippen molar-refractivity contribution in [1.82, 2.24) is 16.0 Å². The molecule has 2 heterocycles. The van der Waals surface area contributed by atoms with Gasteiger partial charge in [0.1, 0.15) is 12.4 Å². The molecule has 49 heavy (non-hydrogen) atoms. The van der Waals surface area contributed by atoms with E-state index in [1.54, 1.807) is 0 Å². The molecule has 2 aliphatic heterocycles. The van der Waals surface area contributed by atoms with Crippen molar-refractivity contribution < 1.29 is 57.2 Å². The van der Waals surface area contributed by atoms with E-state index in [0.29, 0.717) is 90.9 Å². The Kier molecular flexibility index (Phi) is 20.3. The number of nitrogens with zero attached hydrogens (tertiary/aromatic N) is 1. The summed E-state index contributed by atoms with van der Waals surface area (Å²) in [5, 5.41) is 19.9. The number of ether oxygens (including phenoxy) is 8. The predicted molar refractivity (Wildman–Crippen MR) is 177 cm³/mol. The van der Waals surface area contributed by atoms with E-state index in [1.807, 2.05) is 11.8 Å². The summed E-state index contributed by atoms with van der Waals surface area (Å²) in [4.78, 5) is 45.2. The SMILES string of the molecule is O=C(CCCC[C@@H]1SC[C@@H]2NC(=O)N[C@@H]21)NCCOCCOCCOCCOCCOCCOCCOC(=O)Oc1ccc([N+](=O)[O-])cc1. The molecule has 0 unspecified atom stereocenters. The largest absolute Gasteiger partial charge is 0.513 e. The highest BCUT2D eigenvalue weighted by molar-refractivity contribution is 8.00. The van der Waals surface area contributed by atoms with Crippen molar-refractivity contribution in [2.75, 3.05) is 98.2 Å². The van der Waals surface area contributed by atoms with Crippen LogP contribution in [0.4, 0.5) is 15.3 Å². The van der Waals surface area contributed by atoms with Gasteiger partial charge < -0.3 is 53.8 Å². The van der Waals surface area contributed by atoms with Crippen LogP contribution in [0.25, 0.3) is 0 Å². The van der Waals surface area contributed by atoms with Gasteiger partial charge in [-0.05, 0) is 25.0 Å². The van der Waals surface area contributed by atoms with E-state index in [-0.39, 0.29) is 48.7 Å². The molecular weight excluding hydrogens is 668 g/mol. The van der Waals surface area contributed by atoms with E-state index in [4.69, 9.17) is 37.9 Å². The smallest absolute Gasteiger partial charge is 0.432 e. The first-order valence-corrected chi connectivity index (χ1v) is 17.5. The first-order valence-electron chi connectivity index (χ1n) is 16.4. The van der Waals surface area contributed by atoms with Crippen molar-refractivity contribution >= 4 is 35.5 Å². The summed E-state index contributed by atoms with van der Waals surface area (Å²) < 4.78 is 42.3. The molecule has 1 aromatic carbocycles. The van der Waals surface area contributed by atoms with Gasteiger partial charge in [0.05, 0.1) is 96.3 Å². The molecule has 276 valence electrons. The molecule has 3 amide bonds. The Bertz CT molecular complexity index is 1120. The fraction of sp³-hybridized carbons (Fsp3) is 0.710. The van der Waals surface area contributed by atoms with E-state index >= 15 is 0 Å². The summed E-state index contributed by atoms with van der Waals surface area (Å²) in [6.45, 7) is 5.15. The van der Waals surface area contributed by atoms with Gasteiger partial charge in [0, 0.05) is 36.1 Å². The fourth-order valence-electron chi connectivity index (χ4n) is 4.77. The fourth-order valence-corrected chi connectivity index (χ4v) is 6.32. The normalized spacial score (nSPS) is 18.0. The van der Waals surface area contributed by atoms with Gasteiger partial charge >= 0.3 is 12.2 Å². The first kappa shape index (κ1) is 40.2. The number of non-ortho nitro benzene ring substituents is 1. The predicted octanol–water partition coefficient (Wildman–Crippen LogP) is 2.05. The quantitative estimate of drug-likeness (QED) is 0.0284. The molecule has 3 N–H and O–H groups in total. The first-order chi connectivity index (χ1) is 23.9. The molecule has 3 rings (SSSR count). The van der Waals surface area contributed by atoms with Crippen LogP contribution in [0.1, 0.15) is 25.7 Å². The number of urea groups is 1. The van der Waals surface area contributed by atoms with Crippen LogP contribution in [0.5, 0.6) is 5.75 Å². The number of amides is 3. The average molecular weight is 717 g/mol. The Morgan fingerprint density at radius 1 is 0.796 bits per heavy atom. The molecule has 3 atom stereocenters. The monoisotopic (exact) mass is 716 g/mol. The lowest BCUT2D eigenvalue weighted by Gasteiger charge is -2.16. The summed E-state index contributed by atoms with van der Waals surface area (Å²) in [6, 6.07) is 5.44. The number of unbranched alkanes of at least 4 members (excludes halogenated alkanes) is 1. The molecule has 0 saturated carbocycles. The minimum Gasteiger partial charge on any atom is -0.432 e. The minimum atomic E-state index is -0.931. The van der Waals surface area contributed by atoms with Gasteiger partial charge in [-0.1, -0.05) is 6.42 Å². The van der Waals surface area contributed by atoms with Crippen LogP contribution < -0.4 is 20.7 Å². The van der Waals surface area contributed by atoms with Gasteiger partial charge in [0.15, 0.2) is 0 Å². The van der Waals surface area contributed by atoms with Gasteiger partial charge in [-0.3, -0.25) is 14.9 Å². The third kappa shape index (κ3) is 17.8. The average Bonchev–Trinajstić information content (AvgIpc) is 3.64. The lowest BCUT2D eigenvalue weighted by Crippen LogP contribution is -2.36. The highest BCUT2D eigenvalue weighted by Crippen LogP contribution is 2.33. The maximum Gasteiger partial charge on any atom is 0.513 e. The molecule has 0 spiro atoms. The molecule has 2 saturated heterocycles. The molecule has 0 aliphatic carbocycles. The Balaban J connectivity index is 0.957. The van der Waals surface area contributed by atoms with Crippen LogP contribution >= 0.6 is 11.8 Å². The van der Waals surface area contributed by atoms with Gasteiger partial charge in [0.25, 0.3) is 5.69 Å². The number of nitro groups is 1. The van der Waals surface area contributed by atoms with Gasteiger partial charge in [-0.25, -0.2) is 9.59 Å². The molecule has 2 aliphatic rings. The maximum atomic E-state index is 12.0. The van der Waals surface area contributed by atoms with Crippen molar-refractivity contribution in [2.24, 2.45) is 0 Å². The highest BCUT2D eigenvalue weighted by Gasteiger charge is 2.42. The van der Waals surface area contributed by atoms with Crippen LogP contribution in [-0.4, -0.2) is 139 Å². The highest BCUT2D eigenvalue weighted by atomic mass is 32.2. The lowest BCUT2D eigenvalue weighted by molar-refractivity contribution is -0.384.